The van der Waals surface area contributed by atoms with Crippen molar-refractivity contribution in [3.8, 4) is 6.19 Å². The van der Waals surface area contributed by atoms with E-state index < -0.39 is 0 Å². The molecule has 2 heteroatoms. The fourth-order valence-electron chi connectivity index (χ4n) is 1.06. The molecule has 1 fully saturated rings. The van der Waals surface area contributed by atoms with Crippen molar-refractivity contribution >= 4 is 0 Å². The van der Waals surface area contributed by atoms with Crippen LogP contribution in [0.3, 0.4) is 0 Å². The van der Waals surface area contributed by atoms with Gasteiger partial charge in [0, 0.05) is 12.6 Å². The van der Waals surface area contributed by atoms with E-state index in [4.69, 9.17) is 5.26 Å². The van der Waals surface area contributed by atoms with Gasteiger partial charge in [0.1, 0.15) is 0 Å². The molecular formula is C7H11N2. The van der Waals surface area contributed by atoms with Crippen LogP contribution in [0, 0.1) is 17.9 Å². The Balaban J connectivity index is 2.41. The zero-order valence-corrected chi connectivity index (χ0v) is 5.67. The number of hydrogen-bond acceptors (Lipinski definition) is 2. The van der Waals surface area contributed by atoms with Crippen LogP contribution in [0.5, 0.6) is 0 Å². The van der Waals surface area contributed by atoms with Gasteiger partial charge in [-0.1, -0.05) is 0 Å². The summed E-state index contributed by atoms with van der Waals surface area (Å²) in [6.07, 6.45) is 6.61. The molecule has 1 aliphatic rings. The van der Waals surface area contributed by atoms with Gasteiger partial charge in [0.05, 0.1) is 0 Å². The van der Waals surface area contributed by atoms with Crippen molar-refractivity contribution in [2.75, 3.05) is 6.54 Å². The van der Waals surface area contributed by atoms with E-state index in [2.05, 4.69) is 19.5 Å². The lowest BCUT2D eigenvalue weighted by Crippen LogP contribution is -2.33. The van der Waals surface area contributed by atoms with E-state index in [1.165, 1.54) is 6.42 Å². The molecule has 0 aliphatic carbocycles. The maximum absolute atomic E-state index is 8.52. The van der Waals surface area contributed by atoms with Crippen molar-refractivity contribution in [3.63, 3.8) is 0 Å². The van der Waals surface area contributed by atoms with Gasteiger partial charge < -0.3 is 4.90 Å². The van der Waals surface area contributed by atoms with Crippen molar-refractivity contribution in [3.05, 3.63) is 6.42 Å². The summed E-state index contributed by atoms with van der Waals surface area (Å²) in [6, 6.07) is 0.458. The third-order valence-corrected chi connectivity index (χ3v) is 1.77. The highest BCUT2D eigenvalue weighted by Gasteiger charge is 2.15. The quantitative estimate of drug-likeness (QED) is 0.452. The van der Waals surface area contributed by atoms with Crippen LogP contribution in [-0.4, -0.2) is 17.5 Å². The molecule has 1 rings (SSSR count). The molecule has 1 heterocycles. The standard InChI is InChI=1S/C7H11N2/c1-7-4-2-3-5-9(7)6-8/h3,7H,2,4-5H2,1H3. The topological polar surface area (TPSA) is 27.0 Å². The average molecular weight is 123 g/mol. The molecule has 1 aliphatic heterocycles. The summed E-state index contributed by atoms with van der Waals surface area (Å²) in [5, 5.41) is 8.52. The Kier molecular flexibility index (Phi) is 1.94. The summed E-state index contributed by atoms with van der Waals surface area (Å²) < 4.78 is 0. The molecule has 0 N–H and O–H groups in total. The van der Waals surface area contributed by atoms with Gasteiger partial charge in [-0.05, 0) is 26.2 Å². The molecule has 0 amide bonds. The Hall–Kier alpha value is -0.710. The number of nitrogens with zero attached hydrogens (tertiary/aromatic N) is 2. The third-order valence-electron chi connectivity index (χ3n) is 1.77. The van der Waals surface area contributed by atoms with Crippen LogP contribution in [0.2, 0.25) is 0 Å². The van der Waals surface area contributed by atoms with Crippen molar-refractivity contribution in [1.29, 1.82) is 5.26 Å². The molecule has 1 saturated heterocycles. The second-order valence-corrected chi connectivity index (χ2v) is 2.47. The van der Waals surface area contributed by atoms with Gasteiger partial charge in [0.2, 0.25) is 0 Å². The first-order chi connectivity index (χ1) is 4.34. The summed E-state index contributed by atoms with van der Waals surface area (Å²) in [6.45, 7) is 2.94. The number of nitriles is 1. The van der Waals surface area contributed by atoms with Gasteiger partial charge in [0.25, 0.3) is 0 Å². The van der Waals surface area contributed by atoms with Crippen LogP contribution in [0.1, 0.15) is 19.8 Å². The van der Waals surface area contributed by atoms with Gasteiger partial charge in [-0.15, -0.1) is 0 Å². The third kappa shape index (κ3) is 1.35. The molecule has 2 nitrogen and oxygen atoms in total. The molecule has 9 heavy (non-hydrogen) atoms. The highest BCUT2D eigenvalue weighted by molar-refractivity contribution is 4.89. The monoisotopic (exact) mass is 123 g/mol. The van der Waals surface area contributed by atoms with Crippen LogP contribution in [0.15, 0.2) is 0 Å². The average Bonchev–Trinajstić information content (AvgIpc) is 1.89. The summed E-state index contributed by atoms with van der Waals surface area (Å²) in [7, 11) is 0. The minimum absolute atomic E-state index is 0.458. The van der Waals surface area contributed by atoms with Gasteiger partial charge in [-0.25, -0.2) is 0 Å². The molecule has 0 saturated carbocycles. The summed E-state index contributed by atoms with van der Waals surface area (Å²) in [5.74, 6) is 0. The summed E-state index contributed by atoms with van der Waals surface area (Å²) in [5.41, 5.74) is 0. The molecule has 1 atom stereocenters. The van der Waals surface area contributed by atoms with E-state index in [0.29, 0.717) is 6.04 Å². The lowest BCUT2D eigenvalue weighted by molar-refractivity contribution is 0.277. The van der Waals surface area contributed by atoms with Crippen molar-refractivity contribution in [2.24, 2.45) is 0 Å². The van der Waals surface area contributed by atoms with Gasteiger partial charge in [-0.2, -0.15) is 5.26 Å². The maximum Gasteiger partial charge on any atom is 0.179 e. The van der Waals surface area contributed by atoms with Gasteiger partial charge in [-0.3, -0.25) is 0 Å². The molecule has 49 valence electrons. The molecule has 1 unspecified atom stereocenters. The largest absolute Gasteiger partial charge is 0.308 e. The van der Waals surface area contributed by atoms with E-state index >= 15 is 0 Å². The molecule has 0 aromatic rings. The van der Waals surface area contributed by atoms with Crippen LogP contribution in [0.25, 0.3) is 0 Å². The van der Waals surface area contributed by atoms with Crippen LogP contribution in [-0.2, 0) is 0 Å². The number of piperidine rings is 1. The Morgan fingerprint density at radius 2 is 2.56 bits per heavy atom. The second-order valence-electron chi connectivity index (χ2n) is 2.47. The van der Waals surface area contributed by atoms with E-state index in [9.17, 15) is 0 Å². The van der Waals surface area contributed by atoms with E-state index in [1.807, 2.05) is 4.90 Å². The molecule has 1 radical (unpaired) electrons. The predicted octanol–water partition coefficient (Wildman–Crippen LogP) is 1.16. The SMILES string of the molecule is CC1CC[CH]CN1C#N. The zero-order valence-electron chi connectivity index (χ0n) is 5.67. The predicted molar refractivity (Wildman–Crippen MR) is 35.3 cm³/mol. The first kappa shape index (κ1) is 6.41. The minimum atomic E-state index is 0.458. The van der Waals surface area contributed by atoms with Gasteiger partial charge in [0.15, 0.2) is 6.19 Å². The Bertz CT molecular complexity index is 125. The highest BCUT2D eigenvalue weighted by atomic mass is 15.1. The Morgan fingerprint density at radius 3 is 3.00 bits per heavy atom. The number of rotatable bonds is 0. The zero-order chi connectivity index (χ0) is 6.69. The molecule has 0 aromatic heterocycles. The first-order valence-electron chi connectivity index (χ1n) is 3.32. The molecular weight excluding hydrogens is 112 g/mol. The first-order valence-corrected chi connectivity index (χ1v) is 3.32. The van der Waals surface area contributed by atoms with E-state index in [0.717, 1.165) is 13.0 Å². The summed E-state index contributed by atoms with van der Waals surface area (Å²) in [4.78, 5) is 1.81. The van der Waals surface area contributed by atoms with Crippen LogP contribution >= 0.6 is 0 Å². The summed E-state index contributed by atoms with van der Waals surface area (Å²) >= 11 is 0. The fourth-order valence-corrected chi connectivity index (χ4v) is 1.06. The van der Waals surface area contributed by atoms with E-state index in [-0.39, 0.29) is 0 Å². The normalized spacial score (nSPS) is 27.6. The lowest BCUT2D eigenvalue weighted by Gasteiger charge is -2.27. The Labute approximate surface area is 56.1 Å². The number of hydrogen-bond donors (Lipinski definition) is 0. The van der Waals surface area contributed by atoms with Gasteiger partial charge >= 0.3 is 0 Å². The molecule has 0 aromatic carbocycles. The van der Waals surface area contributed by atoms with Crippen molar-refractivity contribution in [2.45, 2.75) is 25.8 Å². The van der Waals surface area contributed by atoms with Crippen LogP contribution in [0.4, 0.5) is 0 Å². The van der Waals surface area contributed by atoms with E-state index in [1.54, 1.807) is 0 Å². The van der Waals surface area contributed by atoms with Crippen molar-refractivity contribution in [1.82, 2.24) is 4.90 Å². The molecule has 0 bridgehead atoms. The maximum atomic E-state index is 8.52. The Morgan fingerprint density at radius 1 is 1.78 bits per heavy atom. The van der Waals surface area contributed by atoms with Crippen LogP contribution < -0.4 is 0 Å². The fraction of sp³-hybridized carbons (Fsp3) is 0.714. The second kappa shape index (κ2) is 2.72. The lowest BCUT2D eigenvalue weighted by atomic mass is 10.1. The number of likely N-dealkylation sites (tertiary alicyclic amines) is 1. The van der Waals surface area contributed by atoms with Crippen molar-refractivity contribution < 1.29 is 0 Å². The molecule has 0 spiro atoms. The highest BCUT2D eigenvalue weighted by Crippen LogP contribution is 2.13. The smallest absolute Gasteiger partial charge is 0.179 e. The minimum Gasteiger partial charge on any atom is -0.308 e.